The second-order valence-corrected chi connectivity index (χ2v) is 4.39. The summed E-state index contributed by atoms with van der Waals surface area (Å²) in [4.78, 5) is 14.7. The van der Waals surface area contributed by atoms with Crippen LogP contribution in [0.25, 0.3) is 0 Å². The number of aryl methyl sites for hydroxylation is 1. The van der Waals surface area contributed by atoms with Crippen LogP contribution in [0.3, 0.4) is 0 Å². The molecule has 0 radical (unpaired) electrons. The summed E-state index contributed by atoms with van der Waals surface area (Å²) >= 11 is 0. The molecule has 1 aromatic rings. The predicted molar refractivity (Wildman–Crippen MR) is 60.0 cm³/mol. The summed E-state index contributed by atoms with van der Waals surface area (Å²) in [6, 6.07) is 1.66. The number of hydrogen-bond acceptors (Lipinski definition) is 4. The Morgan fingerprint density at radius 3 is 2.94 bits per heavy atom. The molecular formula is C11H15N3O2. The minimum atomic E-state index is -0.364. The van der Waals surface area contributed by atoms with E-state index in [1.807, 2.05) is 0 Å². The zero-order valence-electron chi connectivity index (χ0n) is 9.22. The fraction of sp³-hybridized carbons (Fsp3) is 0.545. The van der Waals surface area contributed by atoms with Crippen molar-refractivity contribution in [1.29, 1.82) is 0 Å². The first-order chi connectivity index (χ1) is 7.59. The number of rotatable bonds is 4. The van der Waals surface area contributed by atoms with Gasteiger partial charge in [0.05, 0.1) is 4.92 Å². The smallest absolute Gasteiger partial charge is 0.293 e. The molecule has 1 heterocycles. The average molecular weight is 221 g/mol. The van der Waals surface area contributed by atoms with Crippen LogP contribution in [0.1, 0.15) is 24.1 Å². The lowest BCUT2D eigenvalue weighted by Crippen LogP contribution is -2.26. The summed E-state index contributed by atoms with van der Waals surface area (Å²) in [5, 5.41) is 10.9. The van der Waals surface area contributed by atoms with E-state index in [0.717, 1.165) is 12.8 Å². The number of pyridine rings is 1. The van der Waals surface area contributed by atoms with E-state index in [4.69, 9.17) is 5.73 Å². The molecule has 1 aliphatic carbocycles. The highest BCUT2D eigenvalue weighted by Gasteiger charge is 2.31. The Kier molecular flexibility index (Phi) is 2.87. The van der Waals surface area contributed by atoms with E-state index in [1.54, 1.807) is 19.2 Å². The summed E-state index contributed by atoms with van der Waals surface area (Å²) in [6.45, 7) is 1.73. The molecule has 1 aliphatic rings. The van der Waals surface area contributed by atoms with E-state index in [2.05, 4.69) is 4.98 Å². The monoisotopic (exact) mass is 221 g/mol. The normalized spacial score (nSPS) is 17.1. The molecule has 5 heteroatoms. The van der Waals surface area contributed by atoms with Crippen molar-refractivity contribution in [2.45, 2.75) is 32.2 Å². The highest BCUT2D eigenvalue weighted by atomic mass is 16.6. The van der Waals surface area contributed by atoms with Gasteiger partial charge in [0.15, 0.2) is 0 Å². The summed E-state index contributed by atoms with van der Waals surface area (Å²) in [5.41, 5.74) is 7.26. The average Bonchev–Trinajstić information content (AvgIpc) is 2.99. The van der Waals surface area contributed by atoms with Crippen LogP contribution in [-0.2, 0) is 6.42 Å². The molecule has 0 bridgehead atoms. The third-order valence-corrected chi connectivity index (χ3v) is 3.04. The van der Waals surface area contributed by atoms with Crippen molar-refractivity contribution in [3.05, 3.63) is 33.6 Å². The molecule has 0 amide bonds. The number of hydrogen-bond donors (Lipinski definition) is 1. The maximum Gasteiger partial charge on any atom is 0.293 e. The van der Waals surface area contributed by atoms with Crippen LogP contribution >= 0.6 is 0 Å². The summed E-state index contributed by atoms with van der Waals surface area (Å²) in [6.07, 6.45) is 4.39. The fourth-order valence-corrected chi connectivity index (χ4v) is 1.92. The summed E-state index contributed by atoms with van der Waals surface area (Å²) in [5.74, 6) is 0.530. The zero-order chi connectivity index (χ0) is 11.7. The Morgan fingerprint density at radius 1 is 1.69 bits per heavy atom. The van der Waals surface area contributed by atoms with Gasteiger partial charge in [-0.15, -0.1) is 0 Å². The predicted octanol–water partition coefficient (Wildman–Crippen LogP) is 1.58. The molecule has 5 nitrogen and oxygen atoms in total. The topological polar surface area (TPSA) is 82.0 Å². The maximum atomic E-state index is 10.9. The lowest BCUT2D eigenvalue weighted by Gasteiger charge is -2.10. The van der Waals surface area contributed by atoms with Gasteiger partial charge in [-0.1, -0.05) is 0 Å². The Bertz CT molecular complexity index is 416. The van der Waals surface area contributed by atoms with Crippen LogP contribution < -0.4 is 5.73 Å². The summed E-state index contributed by atoms with van der Waals surface area (Å²) in [7, 11) is 0. The molecule has 2 N–H and O–H groups in total. The van der Waals surface area contributed by atoms with Gasteiger partial charge in [-0.2, -0.15) is 0 Å². The molecule has 0 saturated heterocycles. The van der Waals surface area contributed by atoms with Crippen molar-refractivity contribution < 1.29 is 4.92 Å². The Labute approximate surface area is 93.8 Å². The van der Waals surface area contributed by atoms with Gasteiger partial charge in [0, 0.05) is 24.2 Å². The van der Waals surface area contributed by atoms with Gasteiger partial charge in [-0.05, 0) is 31.7 Å². The van der Waals surface area contributed by atoms with Gasteiger partial charge >= 0.3 is 0 Å². The van der Waals surface area contributed by atoms with Crippen molar-refractivity contribution in [1.82, 2.24) is 4.98 Å². The van der Waals surface area contributed by atoms with E-state index >= 15 is 0 Å². The third kappa shape index (κ3) is 2.19. The van der Waals surface area contributed by atoms with Crippen LogP contribution in [0, 0.1) is 23.0 Å². The molecular weight excluding hydrogens is 206 g/mol. The van der Waals surface area contributed by atoms with Gasteiger partial charge in [0.2, 0.25) is 0 Å². The standard InChI is InChI=1S/C11H15N3O2/c1-7-4-5-13-10(11(7)14(15)16)6-9(12)8-2-3-8/h4-5,8-9H,2-3,6,12H2,1H3. The number of nitrogens with zero attached hydrogens (tertiary/aromatic N) is 2. The molecule has 0 aromatic carbocycles. The van der Waals surface area contributed by atoms with E-state index in [0.29, 0.717) is 23.6 Å². The minimum Gasteiger partial charge on any atom is -0.327 e. The number of nitro groups is 1. The third-order valence-electron chi connectivity index (χ3n) is 3.04. The highest BCUT2D eigenvalue weighted by Crippen LogP contribution is 2.34. The van der Waals surface area contributed by atoms with Crippen LogP contribution in [-0.4, -0.2) is 15.9 Å². The lowest BCUT2D eigenvalue weighted by molar-refractivity contribution is -0.386. The molecule has 2 rings (SSSR count). The molecule has 1 aromatic heterocycles. The van der Waals surface area contributed by atoms with Gasteiger partial charge < -0.3 is 5.73 Å². The van der Waals surface area contributed by atoms with E-state index in [1.165, 1.54) is 0 Å². The largest absolute Gasteiger partial charge is 0.327 e. The second kappa shape index (κ2) is 4.17. The van der Waals surface area contributed by atoms with E-state index in [-0.39, 0.29) is 16.7 Å². The van der Waals surface area contributed by atoms with Crippen molar-refractivity contribution in [3.63, 3.8) is 0 Å². The Morgan fingerprint density at radius 2 is 2.38 bits per heavy atom. The quantitative estimate of drug-likeness (QED) is 0.618. The fourth-order valence-electron chi connectivity index (χ4n) is 1.92. The molecule has 1 atom stereocenters. The van der Waals surface area contributed by atoms with E-state index in [9.17, 15) is 10.1 Å². The first kappa shape index (κ1) is 11.0. The maximum absolute atomic E-state index is 10.9. The first-order valence-electron chi connectivity index (χ1n) is 5.44. The summed E-state index contributed by atoms with van der Waals surface area (Å²) < 4.78 is 0. The van der Waals surface area contributed by atoms with Crippen molar-refractivity contribution >= 4 is 5.69 Å². The number of nitrogens with two attached hydrogens (primary N) is 1. The SMILES string of the molecule is Cc1ccnc(CC(N)C2CC2)c1[N+](=O)[O-]. The van der Waals surface area contributed by atoms with Crippen molar-refractivity contribution in [2.75, 3.05) is 0 Å². The van der Waals surface area contributed by atoms with Crippen LogP contribution in [0.15, 0.2) is 12.3 Å². The molecule has 16 heavy (non-hydrogen) atoms. The second-order valence-electron chi connectivity index (χ2n) is 4.39. The Hall–Kier alpha value is -1.49. The highest BCUT2D eigenvalue weighted by molar-refractivity contribution is 5.43. The first-order valence-corrected chi connectivity index (χ1v) is 5.44. The van der Waals surface area contributed by atoms with Gasteiger partial charge in [-0.3, -0.25) is 15.1 Å². The molecule has 86 valence electrons. The molecule has 0 aliphatic heterocycles. The van der Waals surface area contributed by atoms with Gasteiger partial charge in [0.25, 0.3) is 5.69 Å². The van der Waals surface area contributed by atoms with E-state index < -0.39 is 0 Å². The molecule has 1 saturated carbocycles. The number of aromatic nitrogens is 1. The lowest BCUT2D eigenvalue weighted by atomic mass is 10.0. The molecule has 1 unspecified atom stereocenters. The van der Waals surface area contributed by atoms with Crippen molar-refractivity contribution in [2.24, 2.45) is 11.7 Å². The van der Waals surface area contributed by atoms with Crippen LogP contribution in [0.5, 0.6) is 0 Å². The van der Waals surface area contributed by atoms with Crippen molar-refractivity contribution in [3.8, 4) is 0 Å². The van der Waals surface area contributed by atoms with Gasteiger partial charge in [0.1, 0.15) is 5.69 Å². The minimum absolute atomic E-state index is 0.00741. The Balaban J connectivity index is 2.24. The van der Waals surface area contributed by atoms with Crippen LogP contribution in [0.2, 0.25) is 0 Å². The zero-order valence-corrected chi connectivity index (χ0v) is 9.22. The molecule has 0 spiro atoms. The molecule has 1 fully saturated rings. The van der Waals surface area contributed by atoms with Crippen LogP contribution in [0.4, 0.5) is 5.69 Å². The van der Waals surface area contributed by atoms with Gasteiger partial charge in [-0.25, -0.2) is 0 Å².